The smallest absolute Gasteiger partial charge is 0.410 e. The second-order valence-electron chi connectivity index (χ2n) is 8.62. The second kappa shape index (κ2) is 8.95. The number of carbonyl (C=O) groups excluding carboxylic acids is 1. The molecular weight excluding hydrogens is 407 g/mol. The summed E-state index contributed by atoms with van der Waals surface area (Å²) in [5.41, 5.74) is 1.79. The highest BCUT2D eigenvalue weighted by Gasteiger charge is 2.39. The van der Waals surface area contributed by atoms with Crippen LogP contribution in [0.25, 0.3) is 0 Å². The van der Waals surface area contributed by atoms with E-state index in [2.05, 4.69) is 17.0 Å². The summed E-state index contributed by atoms with van der Waals surface area (Å²) in [6, 6.07) is 16.1. The van der Waals surface area contributed by atoms with Crippen molar-refractivity contribution < 1.29 is 9.53 Å². The third-order valence-corrected chi connectivity index (χ3v) is 5.90. The number of nitrogens with zero attached hydrogens (tertiary/aromatic N) is 2. The van der Waals surface area contributed by atoms with Crippen LogP contribution in [0.4, 0.5) is 4.79 Å². The van der Waals surface area contributed by atoms with Gasteiger partial charge in [-0.1, -0.05) is 59.6 Å². The topological polar surface area (TPSA) is 32.8 Å². The molecule has 29 heavy (non-hydrogen) atoms. The van der Waals surface area contributed by atoms with Crippen LogP contribution in [0.1, 0.15) is 37.8 Å². The average molecular weight is 435 g/mol. The van der Waals surface area contributed by atoms with Crippen molar-refractivity contribution in [2.75, 3.05) is 20.1 Å². The molecular formula is C23H28Cl2N2O2. The molecule has 0 aromatic heterocycles. The van der Waals surface area contributed by atoms with Gasteiger partial charge in [0.15, 0.2) is 0 Å². The summed E-state index contributed by atoms with van der Waals surface area (Å²) in [7, 11) is 1.81. The third kappa shape index (κ3) is 5.65. The van der Waals surface area contributed by atoms with Gasteiger partial charge >= 0.3 is 6.09 Å². The lowest BCUT2D eigenvalue weighted by Crippen LogP contribution is -2.44. The minimum Gasteiger partial charge on any atom is -0.444 e. The first kappa shape index (κ1) is 21.9. The maximum atomic E-state index is 12.7. The monoisotopic (exact) mass is 434 g/mol. The molecule has 0 N–H and O–H groups in total. The Morgan fingerprint density at radius 1 is 1.10 bits per heavy atom. The number of likely N-dealkylation sites (N-methyl/N-ethyl adjacent to an activating group) is 1. The minimum atomic E-state index is -0.535. The lowest BCUT2D eigenvalue weighted by Gasteiger charge is -2.31. The number of carbonyl (C=O) groups is 1. The van der Waals surface area contributed by atoms with Crippen molar-refractivity contribution in [3.63, 3.8) is 0 Å². The first-order chi connectivity index (χ1) is 13.6. The van der Waals surface area contributed by atoms with E-state index >= 15 is 0 Å². The van der Waals surface area contributed by atoms with Gasteiger partial charge in [-0.05, 0) is 44.0 Å². The summed E-state index contributed by atoms with van der Waals surface area (Å²) >= 11 is 12.4. The molecule has 0 unspecified atom stereocenters. The summed E-state index contributed by atoms with van der Waals surface area (Å²) in [5, 5.41) is 1.07. The molecule has 4 nitrogen and oxygen atoms in total. The van der Waals surface area contributed by atoms with Gasteiger partial charge in [0.1, 0.15) is 5.60 Å². The van der Waals surface area contributed by atoms with Gasteiger partial charge in [0.25, 0.3) is 0 Å². The molecule has 1 aliphatic rings. The molecule has 0 saturated carbocycles. The highest BCUT2D eigenvalue weighted by atomic mass is 35.5. The van der Waals surface area contributed by atoms with E-state index in [4.69, 9.17) is 27.9 Å². The van der Waals surface area contributed by atoms with Gasteiger partial charge in [0.2, 0.25) is 0 Å². The molecule has 0 aliphatic carbocycles. The summed E-state index contributed by atoms with van der Waals surface area (Å²) < 4.78 is 5.61. The third-order valence-electron chi connectivity index (χ3n) is 5.16. The maximum Gasteiger partial charge on any atom is 0.410 e. The van der Waals surface area contributed by atoms with Crippen LogP contribution >= 0.6 is 23.2 Å². The van der Waals surface area contributed by atoms with E-state index in [0.717, 1.165) is 25.2 Å². The highest BCUT2D eigenvalue weighted by Crippen LogP contribution is 2.35. The van der Waals surface area contributed by atoms with E-state index in [9.17, 15) is 4.79 Å². The van der Waals surface area contributed by atoms with Crippen LogP contribution in [0.15, 0.2) is 48.5 Å². The van der Waals surface area contributed by atoms with Gasteiger partial charge in [-0.3, -0.25) is 4.90 Å². The number of ether oxygens (including phenoxy) is 1. The van der Waals surface area contributed by atoms with Gasteiger partial charge in [-0.2, -0.15) is 0 Å². The normalized spacial score (nSPS) is 19.9. The number of rotatable bonds is 4. The fourth-order valence-corrected chi connectivity index (χ4v) is 4.08. The van der Waals surface area contributed by atoms with Gasteiger partial charge in [0, 0.05) is 32.6 Å². The molecule has 1 amide bonds. The SMILES string of the molecule is CN(C(=O)OC(C)(C)C)[C@@H]1CN(Cc2ccccc2)C[C@H]1c1ccc(Cl)c(Cl)c1. The minimum absolute atomic E-state index is 0.0224. The van der Waals surface area contributed by atoms with Crippen LogP contribution in [-0.4, -0.2) is 47.7 Å². The fraction of sp³-hybridized carbons (Fsp3) is 0.435. The Labute approximate surface area is 183 Å². The number of hydrogen-bond acceptors (Lipinski definition) is 3. The maximum absolute atomic E-state index is 12.7. The molecule has 0 bridgehead atoms. The lowest BCUT2D eigenvalue weighted by atomic mass is 9.93. The molecule has 1 heterocycles. The predicted molar refractivity (Wildman–Crippen MR) is 119 cm³/mol. The first-order valence-electron chi connectivity index (χ1n) is 9.81. The van der Waals surface area contributed by atoms with Crippen molar-refractivity contribution in [3.05, 3.63) is 69.7 Å². The van der Waals surface area contributed by atoms with E-state index < -0.39 is 5.60 Å². The largest absolute Gasteiger partial charge is 0.444 e. The highest BCUT2D eigenvalue weighted by molar-refractivity contribution is 6.42. The number of amides is 1. The standard InChI is InChI=1S/C23H28Cl2N2O2/c1-23(2,3)29-22(28)26(4)21-15-27(13-16-8-6-5-7-9-16)14-18(21)17-10-11-19(24)20(25)12-17/h5-12,18,21H,13-15H2,1-4H3/t18-,21+/m0/s1. The first-order valence-corrected chi connectivity index (χ1v) is 10.6. The summed E-state index contributed by atoms with van der Waals surface area (Å²) in [5.74, 6) is 0.117. The van der Waals surface area contributed by atoms with Gasteiger partial charge < -0.3 is 9.64 Å². The zero-order valence-corrected chi connectivity index (χ0v) is 18.9. The number of benzene rings is 2. The molecule has 1 fully saturated rings. The molecule has 0 spiro atoms. The molecule has 1 aliphatic heterocycles. The molecule has 2 aromatic rings. The molecule has 2 atom stereocenters. The van der Waals surface area contributed by atoms with Crippen LogP contribution in [0.5, 0.6) is 0 Å². The molecule has 0 radical (unpaired) electrons. The van der Waals surface area contributed by atoms with Crippen molar-refractivity contribution in [1.82, 2.24) is 9.80 Å². The second-order valence-corrected chi connectivity index (χ2v) is 9.43. The Kier molecular flexibility index (Phi) is 6.77. The Balaban J connectivity index is 1.84. The van der Waals surface area contributed by atoms with Gasteiger partial charge in [-0.15, -0.1) is 0 Å². The molecule has 156 valence electrons. The van der Waals surface area contributed by atoms with E-state index in [-0.39, 0.29) is 18.1 Å². The Bertz CT molecular complexity index is 852. The molecule has 2 aromatic carbocycles. The van der Waals surface area contributed by atoms with Crippen LogP contribution in [0.2, 0.25) is 10.0 Å². The quantitative estimate of drug-likeness (QED) is 0.606. The van der Waals surface area contributed by atoms with Crippen LogP contribution in [0, 0.1) is 0 Å². The Morgan fingerprint density at radius 2 is 1.79 bits per heavy atom. The van der Waals surface area contributed by atoms with Crippen LogP contribution in [0.3, 0.4) is 0 Å². The van der Waals surface area contributed by atoms with E-state index in [1.54, 1.807) is 4.90 Å². The van der Waals surface area contributed by atoms with Crippen molar-refractivity contribution in [2.24, 2.45) is 0 Å². The van der Waals surface area contributed by atoms with E-state index in [0.29, 0.717) is 10.0 Å². The molecule has 3 rings (SSSR count). The van der Waals surface area contributed by atoms with E-state index in [1.165, 1.54) is 5.56 Å². The van der Waals surface area contributed by atoms with Gasteiger partial charge in [-0.25, -0.2) is 4.79 Å². The fourth-order valence-electron chi connectivity index (χ4n) is 3.77. The van der Waals surface area contributed by atoms with Crippen LogP contribution in [-0.2, 0) is 11.3 Å². The summed E-state index contributed by atoms with van der Waals surface area (Å²) in [6.45, 7) is 8.06. The number of hydrogen-bond donors (Lipinski definition) is 0. The predicted octanol–water partition coefficient (Wildman–Crippen LogP) is 5.83. The summed E-state index contributed by atoms with van der Waals surface area (Å²) in [4.78, 5) is 16.8. The van der Waals surface area contributed by atoms with Gasteiger partial charge in [0.05, 0.1) is 16.1 Å². The van der Waals surface area contributed by atoms with Crippen molar-refractivity contribution in [1.29, 1.82) is 0 Å². The zero-order valence-electron chi connectivity index (χ0n) is 17.4. The molecule has 6 heteroatoms. The lowest BCUT2D eigenvalue weighted by molar-refractivity contribution is 0.0217. The molecule has 1 saturated heterocycles. The van der Waals surface area contributed by atoms with Crippen LogP contribution < -0.4 is 0 Å². The van der Waals surface area contributed by atoms with Crippen molar-refractivity contribution >= 4 is 29.3 Å². The number of halogens is 2. The van der Waals surface area contributed by atoms with Crippen molar-refractivity contribution in [2.45, 2.75) is 44.9 Å². The van der Waals surface area contributed by atoms with E-state index in [1.807, 2.05) is 64.2 Å². The average Bonchev–Trinajstić information content (AvgIpc) is 3.06. The Hall–Kier alpha value is -1.75. The zero-order chi connectivity index (χ0) is 21.2. The summed E-state index contributed by atoms with van der Waals surface area (Å²) in [6.07, 6.45) is -0.311. The number of likely N-dealkylation sites (tertiary alicyclic amines) is 1. The Morgan fingerprint density at radius 3 is 2.41 bits per heavy atom. The van der Waals surface area contributed by atoms with Crippen molar-refractivity contribution in [3.8, 4) is 0 Å².